The molecule has 3 heteroatoms. The standard InChI is InChI=1S/C13H20N2O/c1-10(11-3-2-4-13(16)9-11)15-7-5-12(14)6-8-15/h2-4,9-10,12,16H,5-8,14H2,1H3. The molecule has 88 valence electrons. The molecule has 0 aromatic heterocycles. The van der Waals surface area contributed by atoms with Crippen molar-refractivity contribution in [3.8, 4) is 5.75 Å². The van der Waals surface area contributed by atoms with Gasteiger partial charge in [0.25, 0.3) is 0 Å². The Morgan fingerprint density at radius 1 is 1.38 bits per heavy atom. The molecule has 0 aliphatic carbocycles. The maximum absolute atomic E-state index is 9.46. The predicted molar refractivity (Wildman–Crippen MR) is 65.3 cm³/mol. The number of phenols is 1. The number of likely N-dealkylation sites (tertiary alicyclic amines) is 1. The van der Waals surface area contributed by atoms with Crippen molar-refractivity contribution in [3.05, 3.63) is 29.8 Å². The normalized spacial score (nSPS) is 20.9. The summed E-state index contributed by atoms with van der Waals surface area (Å²) in [5.41, 5.74) is 7.07. The highest BCUT2D eigenvalue weighted by Gasteiger charge is 2.21. The van der Waals surface area contributed by atoms with Crippen LogP contribution in [-0.2, 0) is 0 Å². The SMILES string of the molecule is CC(c1cccc(O)c1)N1CCC(N)CC1. The van der Waals surface area contributed by atoms with E-state index in [4.69, 9.17) is 5.73 Å². The van der Waals surface area contributed by atoms with Crippen molar-refractivity contribution in [1.82, 2.24) is 4.90 Å². The van der Waals surface area contributed by atoms with Crippen molar-refractivity contribution in [1.29, 1.82) is 0 Å². The summed E-state index contributed by atoms with van der Waals surface area (Å²) in [7, 11) is 0. The van der Waals surface area contributed by atoms with Crippen molar-refractivity contribution in [2.75, 3.05) is 13.1 Å². The molecule has 1 aromatic carbocycles. The van der Waals surface area contributed by atoms with E-state index in [2.05, 4.69) is 17.9 Å². The second kappa shape index (κ2) is 4.85. The molecule has 3 N–H and O–H groups in total. The van der Waals surface area contributed by atoms with Crippen LogP contribution in [0.3, 0.4) is 0 Å². The number of aromatic hydroxyl groups is 1. The highest BCUT2D eigenvalue weighted by atomic mass is 16.3. The Labute approximate surface area is 96.9 Å². The van der Waals surface area contributed by atoms with Gasteiger partial charge >= 0.3 is 0 Å². The zero-order chi connectivity index (χ0) is 11.5. The first-order valence-corrected chi connectivity index (χ1v) is 5.95. The Hall–Kier alpha value is -1.06. The number of rotatable bonds is 2. The smallest absolute Gasteiger partial charge is 0.115 e. The Balaban J connectivity index is 2.04. The first-order valence-electron chi connectivity index (χ1n) is 5.95. The summed E-state index contributed by atoms with van der Waals surface area (Å²) in [6.07, 6.45) is 2.15. The summed E-state index contributed by atoms with van der Waals surface area (Å²) in [5.74, 6) is 0.345. The molecule has 0 radical (unpaired) electrons. The molecule has 1 aromatic rings. The van der Waals surface area contributed by atoms with Gasteiger partial charge in [-0.15, -0.1) is 0 Å². The van der Waals surface area contributed by atoms with Crippen LogP contribution < -0.4 is 5.73 Å². The summed E-state index contributed by atoms with van der Waals surface area (Å²) in [5, 5.41) is 9.46. The number of nitrogens with two attached hydrogens (primary N) is 1. The lowest BCUT2D eigenvalue weighted by atomic mass is 10.0. The molecule has 1 atom stereocenters. The first-order chi connectivity index (χ1) is 7.66. The molecule has 2 rings (SSSR count). The summed E-state index contributed by atoms with van der Waals surface area (Å²) in [4.78, 5) is 2.43. The molecule has 0 amide bonds. The average molecular weight is 220 g/mol. The van der Waals surface area contributed by atoms with Crippen molar-refractivity contribution in [2.24, 2.45) is 5.73 Å². The molecule has 0 bridgehead atoms. The third-order valence-corrected chi connectivity index (χ3v) is 3.47. The van der Waals surface area contributed by atoms with E-state index in [1.54, 1.807) is 6.07 Å². The molecule has 16 heavy (non-hydrogen) atoms. The Bertz CT molecular complexity index is 346. The number of nitrogens with zero attached hydrogens (tertiary/aromatic N) is 1. The monoisotopic (exact) mass is 220 g/mol. The van der Waals surface area contributed by atoms with Crippen LogP contribution in [-0.4, -0.2) is 29.1 Å². The van der Waals surface area contributed by atoms with Crippen molar-refractivity contribution < 1.29 is 5.11 Å². The van der Waals surface area contributed by atoms with Crippen molar-refractivity contribution in [2.45, 2.75) is 31.8 Å². The average Bonchev–Trinajstić information content (AvgIpc) is 2.29. The number of benzene rings is 1. The van der Waals surface area contributed by atoms with Crippen LogP contribution in [0, 0.1) is 0 Å². The van der Waals surface area contributed by atoms with Gasteiger partial charge in [-0.3, -0.25) is 4.90 Å². The summed E-state index contributed by atoms with van der Waals surface area (Å²) in [6.45, 7) is 4.29. The molecule has 1 aliphatic rings. The fraction of sp³-hybridized carbons (Fsp3) is 0.538. The van der Waals surface area contributed by atoms with Crippen LogP contribution in [0.15, 0.2) is 24.3 Å². The van der Waals surface area contributed by atoms with Gasteiger partial charge in [0.2, 0.25) is 0 Å². The van der Waals surface area contributed by atoms with Crippen LogP contribution in [0.1, 0.15) is 31.4 Å². The van der Waals surface area contributed by atoms with E-state index in [-0.39, 0.29) is 0 Å². The third kappa shape index (κ3) is 2.54. The lowest BCUT2D eigenvalue weighted by molar-refractivity contribution is 0.163. The van der Waals surface area contributed by atoms with Gasteiger partial charge < -0.3 is 10.8 Å². The van der Waals surface area contributed by atoms with Crippen LogP contribution in [0.2, 0.25) is 0 Å². The molecule has 0 saturated carbocycles. The zero-order valence-corrected chi connectivity index (χ0v) is 9.76. The second-order valence-electron chi connectivity index (χ2n) is 4.64. The minimum atomic E-state index is 0.345. The number of hydrogen-bond acceptors (Lipinski definition) is 3. The maximum Gasteiger partial charge on any atom is 0.115 e. The van der Waals surface area contributed by atoms with E-state index in [9.17, 15) is 5.11 Å². The minimum absolute atomic E-state index is 0.345. The fourth-order valence-electron chi connectivity index (χ4n) is 2.30. The molecular weight excluding hydrogens is 200 g/mol. The van der Waals surface area contributed by atoms with Gasteiger partial charge in [-0.2, -0.15) is 0 Å². The summed E-state index contributed by atoms with van der Waals surface area (Å²) < 4.78 is 0. The topological polar surface area (TPSA) is 49.5 Å². The van der Waals surface area contributed by atoms with E-state index in [1.807, 2.05) is 12.1 Å². The highest BCUT2D eigenvalue weighted by molar-refractivity contribution is 5.29. The predicted octanol–water partition coefficient (Wildman–Crippen LogP) is 1.88. The molecule has 0 spiro atoms. The van der Waals surface area contributed by atoms with E-state index >= 15 is 0 Å². The van der Waals surface area contributed by atoms with Crippen molar-refractivity contribution >= 4 is 0 Å². The molecule has 1 fully saturated rings. The first kappa shape index (κ1) is 11.4. The fourth-order valence-corrected chi connectivity index (χ4v) is 2.30. The van der Waals surface area contributed by atoms with E-state index < -0.39 is 0 Å². The Kier molecular flexibility index (Phi) is 3.46. The van der Waals surface area contributed by atoms with E-state index in [1.165, 1.54) is 5.56 Å². The summed E-state index contributed by atoms with van der Waals surface area (Å²) >= 11 is 0. The largest absolute Gasteiger partial charge is 0.508 e. The van der Waals surface area contributed by atoms with Gasteiger partial charge in [-0.1, -0.05) is 12.1 Å². The maximum atomic E-state index is 9.46. The Morgan fingerprint density at radius 3 is 2.69 bits per heavy atom. The number of phenolic OH excluding ortho intramolecular Hbond substituents is 1. The van der Waals surface area contributed by atoms with Crippen LogP contribution in [0.25, 0.3) is 0 Å². The quantitative estimate of drug-likeness (QED) is 0.800. The lowest BCUT2D eigenvalue weighted by Crippen LogP contribution is -2.40. The summed E-state index contributed by atoms with van der Waals surface area (Å²) in [6, 6.07) is 8.25. The Morgan fingerprint density at radius 2 is 2.06 bits per heavy atom. The van der Waals surface area contributed by atoms with Gasteiger partial charge in [0.05, 0.1) is 0 Å². The van der Waals surface area contributed by atoms with E-state index in [0.29, 0.717) is 17.8 Å². The molecule has 1 unspecified atom stereocenters. The van der Waals surface area contributed by atoms with Crippen LogP contribution in [0.4, 0.5) is 0 Å². The lowest BCUT2D eigenvalue weighted by Gasteiger charge is -2.35. The van der Waals surface area contributed by atoms with Crippen molar-refractivity contribution in [3.63, 3.8) is 0 Å². The van der Waals surface area contributed by atoms with Gasteiger partial charge in [-0.25, -0.2) is 0 Å². The van der Waals surface area contributed by atoms with Crippen LogP contribution >= 0.6 is 0 Å². The molecule has 1 saturated heterocycles. The highest BCUT2D eigenvalue weighted by Crippen LogP contribution is 2.25. The number of hydrogen-bond donors (Lipinski definition) is 2. The zero-order valence-electron chi connectivity index (χ0n) is 9.76. The molecule has 1 aliphatic heterocycles. The second-order valence-corrected chi connectivity index (χ2v) is 4.64. The molecular formula is C13H20N2O. The third-order valence-electron chi connectivity index (χ3n) is 3.47. The van der Waals surface area contributed by atoms with Gasteiger partial charge in [0.15, 0.2) is 0 Å². The molecule has 3 nitrogen and oxygen atoms in total. The minimum Gasteiger partial charge on any atom is -0.508 e. The van der Waals surface area contributed by atoms with E-state index in [0.717, 1.165) is 25.9 Å². The molecule has 1 heterocycles. The van der Waals surface area contributed by atoms with Crippen LogP contribution in [0.5, 0.6) is 5.75 Å². The number of piperidine rings is 1. The van der Waals surface area contributed by atoms with Gasteiger partial charge in [0, 0.05) is 25.2 Å². The van der Waals surface area contributed by atoms with Gasteiger partial charge in [-0.05, 0) is 37.5 Å². The van der Waals surface area contributed by atoms with Gasteiger partial charge in [0.1, 0.15) is 5.75 Å².